The van der Waals surface area contributed by atoms with Gasteiger partial charge in [-0.1, -0.05) is 13.8 Å². The van der Waals surface area contributed by atoms with Gasteiger partial charge in [0.25, 0.3) is 0 Å². The normalized spacial score (nSPS) is 12.2. The van der Waals surface area contributed by atoms with Gasteiger partial charge >= 0.3 is 5.97 Å². The summed E-state index contributed by atoms with van der Waals surface area (Å²) in [5.41, 5.74) is 0. The molecular weight excluding hydrogens is 156 g/mol. The van der Waals surface area contributed by atoms with E-state index in [1.807, 2.05) is 13.2 Å². The maximum absolute atomic E-state index is 10.6. The number of carbonyl (C=O) groups excluding carboxylic acids is 2. The molecule has 0 fully saturated rings. The van der Waals surface area contributed by atoms with Crippen LogP contribution in [-0.2, 0) is 14.3 Å². The Balaban J connectivity index is 3.40. The summed E-state index contributed by atoms with van der Waals surface area (Å²) in [5.74, 6) is -0.301. The van der Waals surface area contributed by atoms with Crippen LogP contribution < -0.4 is 0 Å². The van der Waals surface area contributed by atoms with Gasteiger partial charge in [-0.3, -0.25) is 9.59 Å². The molecule has 0 aromatic carbocycles. The van der Waals surface area contributed by atoms with E-state index in [-0.39, 0.29) is 11.9 Å². The zero-order chi connectivity index (χ0) is 9.40. The smallest absolute Gasteiger partial charge is 0.305 e. The topological polar surface area (TPSA) is 43.4 Å². The summed E-state index contributed by atoms with van der Waals surface area (Å²) in [5, 5.41) is 0. The first kappa shape index (κ1) is 11.1. The Bertz CT molecular complexity index is 143. The van der Waals surface area contributed by atoms with Gasteiger partial charge in [-0.05, 0) is 12.8 Å². The van der Waals surface area contributed by atoms with Crippen LogP contribution in [0, 0.1) is 5.92 Å². The molecule has 3 nitrogen and oxygen atoms in total. The zero-order valence-electron chi connectivity index (χ0n) is 7.63. The van der Waals surface area contributed by atoms with Crippen LogP contribution in [-0.4, -0.2) is 18.9 Å². The SMILES string of the molecule is CCC(=O)OCCC([C]=O)CC. The van der Waals surface area contributed by atoms with Gasteiger partial charge in [-0.2, -0.15) is 0 Å². The molecule has 69 valence electrons. The minimum absolute atomic E-state index is 0.0883. The maximum Gasteiger partial charge on any atom is 0.305 e. The lowest BCUT2D eigenvalue weighted by atomic mass is 10.1. The first-order valence-electron chi connectivity index (χ1n) is 4.27. The van der Waals surface area contributed by atoms with Crippen LogP contribution in [0.4, 0.5) is 0 Å². The molecule has 0 rings (SSSR count). The third-order valence-corrected chi connectivity index (χ3v) is 1.68. The zero-order valence-corrected chi connectivity index (χ0v) is 7.63. The number of hydrogen-bond acceptors (Lipinski definition) is 3. The monoisotopic (exact) mass is 171 g/mol. The molecule has 0 amide bonds. The lowest BCUT2D eigenvalue weighted by Crippen LogP contribution is -2.09. The van der Waals surface area contributed by atoms with Crippen LogP contribution in [0.1, 0.15) is 33.1 Å². The second-order valence-electron chi connectivity index (χ2n) is 2.59. The van der Waals surface area contributed by atoms with Crippen LogP contribution in [0.5, 0.6) is 0 Å². The Labute approximate surface area is 73.1 Å². The molecule has 0 aliphatic heterocycles. The van der Waals surface area contributed by atoms with E-state index in [2.05, 4.69) is 0 Å². The molecule has 0 bridgehead atoms. The highest BCUT2D eigenvalue weighted by molar-refractivity contribution is 5.68. The van der Waals surface area contributed by atoms with Gasteiger partial charge in [0.1, 0.15) is 0 Å². The fourth-order valence-electron chi connectivity index (χ4n) is 0.763. The van der Waals surface area contributed by atoms with E-state index in [1.165, 1.54) is 0 Å². The second-order valence-corrected chi connectivity index (χ2v) is 2.59. The van der Waals surface area contributed by atoms with Crippen LogP contribution >= 0.6 is 0 Å². The largest absolute Gasteiger partial charge is 0.466 e. The summed E-state index contributed by atoms with van der Waals surface area (Å²) in [7, 11) is 0. The molecule has 0 saturated heterocycles. The van der Waals surface area contributed by atoms with Gasteiger partial charge in [-0.15, -0.1) is 0 Å². The first-order chi connectivity index (χ1) is 5.74. The van der Waals surface area contributed by atoms with Crippen LogP contribution in [0.15, 0.2) is 0 Å². The van der Waals surface area contributed by atoms with Gasteiger partial charge in [-0.25, -0.2) is 0 Å². The molecule has 0 spiro atoms. The highest BCUT2D eigenvalue weighted by Gasteiger charge is 2.06. The van der Waals surface area contributed by atoms with Gasteiger partial charge in [0.2, 0.25) is 6.29 Å². The predicted octanol–water partition coefficient (Wildman–Crippen LogP) is 1.47. The Morgan fingerprint density at radius 1 is 1.50 bits per heavy atom. The summed E-state index contributed by atoms with van der Waals surface area (Å²) in [6.45, 7) is 3.99. The van der Waals surface area contributed by atoms with Gasteiger partial charge < -0.3 is 4.74 Å². The Morgan fingerprint density at radius 3 is 2.58 bits per heavy atom. The average molecular weight is 171 g/mol. The van der Waals surface area contributed by atoms with Crippen LogP contribution in [0.3, 0.4) is 0 Å². The number of carbonyl (C=O) groups is 1. The minimum Gasteiger partial charge on any atom is -0.466 e. The van der Waals surface area contributed by atoms with Gasteiger partial charge in [0, 0.05) is 12.3 Å². The highest BCUT2D eigenvalue weighted by Crippen LogP contribution is 2.04. The predicted molar refractivity (Wildman–Crippen MR) is 45.3 cm³/mol. The molecular formula is C9H15O3. The van der Waals surface area contributed by atoms with Crippen LogP contribution in [0.2, 0.25) is 0 Å². The van der Waals surface area contributed by atoms with E-state index in [1.54, 1.807) is 6.92 Å². The molecule has 0 N–H and O–H groups in total. The number of hydrogen-bond donors (Lipinski definition) is 0. The van der Waals surface area contributed by atoms with Crippen molar-refractivity contribution in [2.45, 2.75) is 33.1 Å². The van der Waals surface area contributed by atoms with Crippen molar-refractivity contribution in [2.75, 3.05) is 6.61 Å². The van der Waals surface area contributed by atoms with Gasteiger partial charge in [0.15, 0.2) is 0 Å². The number of ether oxygens (including phenoxy) is 1. The molecule has 12 heavy (non-hydrogen) atoms. The van der Waals surface area contributed by atoms with Crippen molar-refractivity contribution in [3.8, 4) is 0 Å². The van der Waals surface area contributed by atoms with Crippen molar-refractivity contribution in [1.82, 2.24) is 0 Å². The summed E-state index contributed by atoms with van der Waals surface area (Å²) in [6, 6.07) is 0. The Hall–Kier alpha value is -0.860. The molecule has 0 aliphatic carbocycles. The maximum atomic E-state index is 10.6. The molecule has 0 aromatic rings. The van der Waals surface area contributed by atoms with Crippen molar-refractivity contribution in [3.63, 3.8) is 0 Å². The van der Waals surface area contributed by atoms with E-state index < -0.39 is 0 Å². The van der Waals surface area contributed by atoms with E-state index in [9.17, 15) is 9.59 Å². The third kappa shape index (κ3) is 4.88. The fraction of sp³-hybridized carbons (Fsp3) is 0.778. The van der Waals surface area contributed by atoms with Crippen molar-refractivity contribution in [2.24, 2.45) is 5.92 Å². The number of esters is 1. The van der Waals surface area contributed by atoms with Crippen molar-refractivity contribution >= 4 is 12.3 Å². The summed E-state index contributed by atoms with van der Waals surface area (Å²) < 4.78 is 4.81. The van der Waals surface area contributed by atoms with E-state index in [0.717, 1.165) is 6.42 Å². The summed E-state index contributed by atoms with van der Waals surface area (Å²) in [6.07, 6.45) is 3.64. The molecule has 0 saturated carbocycles. The lowest BCUT2D eigenvalue weighted by molar-refractivity contribution is -0.143. The molecule has 3 heteroatoms. The molecule has 0 heterocycles. The van der Waals surface area contributed by atoms with E-state index >= 15 is 0 Å². The molecule has 1 unspecified atom stereocenters. The van der Waals surface area contributed by atoms with Crippen LogP contribution in [0.25, 0.3) is 0 Å². The average Bonchev–Trinajstić information content (AvgIpc) is 2.12. The highest BCUT2D eigenvalue weighted by atomic mass is 16.5. The Kier molecular flexibility index (Phi) is 6.34. The molecule has 0 aromatic heterocycles. The quantitative estimate of drug-likeness (QED) is 0.568. The van der Waals surface area contributed by atoms with Crippen molar-refractivity contribution < 1.29 is 14.3 Å². The molecule has 0 aliphatic rings. The molecule has 1 atom stereocenters. The fourth-order valence-corrected chi connectivity index (χ4v) is 0.763. The minimum atomic E-state index is -0.212. The summed E-state index contributed by atoms with van der Waals surface area (Å²) >= 11 is 0. The Morgan fingerprint density at radius 2 is 2.17 bits per heavy atom. The summed E-state index contributed by atoms with van der Waals surface area (Å²) in [4.78, 5) is 20.9. The standard InChI is InChI=1S/C9H15O3/c1-3-8(7-10)5-6-12-9(11)4-2/h8H,3-6H2,1-2H3. The third-order valence-electron chi connectivity index (χ3n) is 1.68. The molecule has 1 radical (unpaired) electrons. The second kappa shape index (κ2) is 6.83. The van der Waals surface area contributed by atoms with Crippen molar-refractivity contribution in [3.05, 3.63) is 0 Å². The lowest BCUT2D eigenvalue weighted by Gasteiger charge is -2.06. The van der Waals surface area contributed by atoms with Crippen molar-refractivity contribution in [1.29, 1.82) is 0 Å². The van der Waals surface area contributed by atoms with Gasteiger partial charge in [0.05, 0.1) is 6.61 Å². The van der Waals surface area contributed by atoms with E-state index in [0.29, 0.717) is 19.4 Å². The van der Waals surface area contributed by atoms with E-state index in [4.69, 9.17) is 4.74 Å². The first-order valence-corrected chi connectivity index (χ1v) is 4.27. The number of rotatable bonds is 6.